The lowest BCUT2D eigenvalue weighted by Crippen LogP contribution is -2.47. The molecule has 1 aliphatic rings. The van der Waals surface area contributed by atoms with Crippen molar-refractivity contribution in [3.8, 4) is 0 Å². The average Bonchev–Trinajstić information content (AvgIpc) is 2.50. The van der Waals surface area contributed by atoms with Gasteiger partial charge >= 0.3 is 0 Å². The van der Waals surface area contributed by atoms with Crippen molar-refractivity contribution < 1.29 is 13.9 Å². The summed E-state index contributed by atoms with van der Waals surface area (Å²) in [4.78, 5) is 0. The van der Waals surface area contributed by atoms with Gasteiger partial charge in [0, 0.05) is 51.3 Å². The molecule has 1 heterocycles. The molecule has 0 aromatic heterocycles. The number of rotatable bonds is 6. The topological polar surface area (TPSA) is 30.5 Å². The fraction of sp³-hybridized carbons (Fsp3) is 0.625. The number of ether oxygens (including phenoxy) is 2. The van der Waals surface area contributed by atoms with Crippen LogP contribution in [0.15, 0.2) is 24.3 Å². The summed E-state index contributed by atoms with van der Waals surface area (Å²) < 4.78 is 25.0. The van der Waals surface area contributed by atoms with Crippen LogP contribution in [0.3, 0.4) is 0 Å². The highest BCUT2D eigenvalue weighted by atomic mass is 19.1. The van der Waals surface area contributed by atoms with Gasteiger partial charge in [-0.3, -0.25) is 0 Å². The van der Waals surface area contributed by atoms with Crippen LogP contribution in [0.2, 0.25) is 0 Å². The van der Waals surface area contributed by atoms with Crippen molar-refractivity contribution in [2.45, 2.75) is 37.8 Å². The lowest BCUT2D eigenvalue weighted by Gasteiger charge is -2.37. The van der Waals surface area contributed by atoms with E-state index in [1.165, 1.54) is 6.07 Å². The summed E-state index contributed by atoms with van der Waals surface area (Å²) >= 11 is 0. The summed E-state index contributed by atoms with van der Waals surface area (Å²) in [6, 6.07) is 6.98. The SMILES string of the molecule is CC[C@@H](NCC1(OC)CCOCC1)c1ccccc1F. The highest BCUT2D eigenvalue weighted by Crippen LogP contribution is 2.26. The predicted molar refractivity (Wildman–Crippen MR) is 77.2 cm³/mol. The third-order valence-corrected chi connectivity index (χ3v) is 4.20. The fourth-order valence-electron chi connectivity index (χ4n) is 2.74. The molecule has 2 rings (SSSR count). The first-order chi connectivity index (χ1) is 9.71. The molecule has 0 radical (unpaired) electrons. The third kappa shape index (κ3) is 3.57. The van der Waals surface area contributed by atoms with Gasteiger partial charge in [-0.1, -0.05) is 25.1 Å². The molecule has 1 atom stereocenters. The second-order valence-electron chi connectivity index (χ2n) is 5.36. The Kier molecular flexibility index (Phi) is 5.52. The molecule has 1 saturated heterocycles. The van der Waals surface area contributed by atoms with Gasteiger partial charge < -0.3 is 14.8 Å². The smallest absolute Gasteiger partial charge is 0.127 e. The minimum Gasteiger partial charge on any atom is -0.381 e. The van der Waals surface area contributed by atoms with Crippen molar-refractivity contribution >= 4 is 0 Å². The van der Waals surface area contributed by atoms with Gasteiger partial charge in [0.05, 0.1) is 5.60 Å². The van der Waals surface area contributed by atoms with Gasteiger partial charge in [-0.2, -0.15) is 0 Å². The summed E-state index contributed by atoms with van der Waals surface area (Å²) in [6.45, 7) is 4.24. The Morgan fingerprint density at radius 2 is 2.05 bits per heavy atom. The third-order valence-electron chi connectivity index (χ3n) is 4.20. The average molecular weight is 281 g/mol. The predicted octanol–water partition coefficient (Wildman–Crippen LogP) is 3.06. The van der Waals surface area contributed by atoms with Crippen LogP contribution in [0, 0.1) is 5.82 Å². The molecule has 0 aliphatic carbocycles. The molecule has 20 heavy (non-hydrogen) atoms. The normalized spacial score (nSPS) is 19.8. The minimum atomic E-state index is -0.184. The molecular formula is C16H24FNO2. The zero-order valence-electron chi connectivity index (χ0n) is 12.3. The van der Waals surface area contributed by atoms with Gasteiger partial charge in [0.2, 0.25) is 0 Å². The van der Waals surface area contributed by atoms with E-state index >= 15 is 0 Å². The number of methoxy groups -OCH3 is 1. The summed E-state index contributed by atoms with van der Waals surface area (Å²) in [5.41, 5.74) is 0.546. The largest absolute Gasteiger partial charge is 0.381 e. The van der Waals surface area contributed by atoms with Crippen molar-refractivity contribution in [1.29, 1.82) is 0 Å². The molecule has 4 heteroatoms. The molecule has 1 N–H and O–H groups in total. The van der Waals surface area contributed by atoms with Gasteiger partial charge in [-0.25, -0.2) is 4.39 Å². The van der Waals surface area contributed by atoms with Crippen LogP contribution >= 0.6 is 0 Å². The van der Waals surface area contributed by atoms with Gasteiger partial charge in [-0.05, 0) is 12.5 Å². The van der Waals surface area contributed by atoms with Gasteiger partial charge in [0.1, 0.15) is 5.82 Å². The van der Waals surface area contributed by atoms with Crippen molar-refractivity contribution in [3.05, 3.63) is 35.6 Å². The molecule has 112 valence electrons. The zero-order chi connectivity index (χ0) is 14.4. The van der Waals surface area contributed by atoms with Crippen LogP contribution in [0.1, 0.15) is 37.8 Å². The van der Waals surface area contributed by atoms with Gasteiger partial charge in [-0.15, -0.1) is 0 Å². The molecule has 0 amide bonds. The maximum Gasteiger partial charge on any atom is 0.127 e. The minimum absolute atomic E-state index is 0.0195. The van der Waals surface area contributed by atoms with Crippen LogP contribution in [0.4, 0.5) is 4.39 Å². The van der Waals surface area contributed by atoms with E-state index in [-0.39, 0.29) is 17.5 Å². The van der Waals surface area contributed by atoms with E-state index < -0.39 is 0 Å². The molecule has 1 aromatic rings. The lowest BCUT2D eigenvalue weighted by atomic mass is 9.93. The Morgan fingerprint density at radius 1 is 1.35 bits per heavy atom. The standard InChI is InChI=1S/C16H24FNO2/c1-3-15(13-6-4-5-7-14(13)17)18-12-16(19-2)8-10-20-11-9-16/h4-7,15,18H,3,8-12H2,1-2H3/t15-/m1/s1. The molecule has 0 bridgehead atoms. The Balaban J connectivity index is 2.01. The van der Waals surface area contributed by atoms with Crippen molar-refractivity contribution in [2.24, 2.45) is 0 Å². The summed E-state index contributed by atoms with van der Waals surface area (Å²) in [5.74, 6) is -0.148. The van der Waals surface area contributed by atoms with Crippen molar-refractivity contribution in [3.63, 3.8) is 0 Å². The molecule has 1 aliphatic heterocycles. The highest BCUT2D eigenvalue weighted by Gasteiger charge is 2.33. The maximum absolute atomic E-state index is 13.9. The van der Waals surface area contributed by atoms with Crippen molar-refractivity contribution in [1.82, 2.24) is 5.32 Å². The first-order valence-corrected chi connectivity index (χ1v) is 7.31. The quantitative estimate of drug-likeness (QED) is 0.869. The van der Waals surface area contributed by atoms with Gasteiger partial charge in [0.25, 0.3) is 0 Å². The number of halogens is 1. The van der Waals surface area contributed by atoms with E-state index in [1.54, 1.807) is 13.2 Å². The summed E-state index contributed by atoms with van der Waals surface area (Å²) in [5, 5.41) is 3.47. The van der Waals surface area contributed by atoms with Crippen LogP contribution in [-0.2, 0) is 9.47 Å². The number of hydrogen-bond acceptors (Lipinski definition) is 3. The molecule has 1 aromatic carbocycles. The van der Waals surface area contributed by atoms with E-state index in [0.29, 0.717) is 0 Å². The molecule has 3 nitrogen and oxygen atoms in total. The molecule has 0 unspecified atom stereocenters. The van der Waals surface area contributed by atoms with E-state index in [1.807, 2.05) is 12.1 Å². The Hall–Kier alpha value is -0.970. The van der Waals surface area contributed by atoms with Crippen LogP contribution < -0.4 is 5.32 Å². The van der Waals surface area contributed by atoms with Gasteiger partial charge in [0.15, 0.2) is 0 Å². The first kappa shape index (κ1) is 15.4. The van der Waals surface area contributed by atoms with Crippen LogP contribution in [0.5, 0.6) is 0 Å². The van der Waals surface area contributed by atoms with E-state index in [4.69, 9.17) is 9.47 Å². The second kappa shape index (κ2) is 7.16. The summed E-state index contributed by atoms with van der Waals surface area (Å²) in [6.07, 6.45) is 2.60. The Labute approximate surface area is 120 Å². The van der Waals surface area contributed by atoms with E-state index in [2.05, 4.69) is 12.2 Å². The molecular weight excluding hydrogens is 257 g/mol. The zero-order valence-corrected chi connectivity index (χ0v) is 12.3. The number of benzene rings is 1. The molecule has 0 spiro atoms. The van der Waals surface area contributed by atoms with E-state index in [0.717, 1.165) is 44.6 Å². The number of hydrogen-bond donors (Lipinski definition) is 1. The molecule has 1 fully saturated rings. The molecule has 0 saturated carbocycles. The van der Waals surface area contributed by atoms with Crippen LogP contribution in [0.25, 0.3) is 0 Å². The number of nitrogens with one attached hydrogen (secondary N) is 1. The monoisotopic (exact) mass is 281 g/mol. The maximum atomic E-state index is 13.9. The van der Waals surface area contributed by atoms with Crippen LogP contribution in [-0.4, -0.2) is 32.5 Å². The lowest BCUT2D eigenvalue weighted by molar-refractivity contribution is -0.0887. The Morgan fingerprint density at radius 3 is 2.65 bits per heavy atom. The van der Waals surface area contributed by atoms with E-state index in [9.17, 15) is 4.39 Å². The second-order valence-corrected chi connectivity index (χ2v) is 5.36. The first-order valence-electron chi connectivity index (χ1n) is 7.31. The highest BCUT2D eigenvalue weighted by molar-refractivity contribution is 5.21. The Bertz CT molecular complexity index is 419. The summed E-state index contributed by atoms with van der Waals surface area (Å²) in [7, 11) is 1.75. The van der Waals surface area contributed by atoms with Crippen molar-refractivity contribution in [2.75, 3.05) is 26.9 Å². The fourth-order valence-corrected chi connectivity index (χ4v) is 2.74.